The van der Waals surface area contributed by atoms with Crippen LogP contribution < -0.4 is 10.6 Å². The maximum Gasteiger partial charge on any atom is 0.227 e. The van der Waals surface area contributed by atoms with Crippen molar-refractivity contribution in [3.05, 3.63) is 29.8 Å². The van der Waals surface area contributed by atoms with Crippen LogP contribution >= 0.6 is 0 Å². The Morgan fingerprint density at radius 1 is 1.38 bits per heavy atom. The number of amides is 2. The first kappa shape index (κ1) is 17.0. The molecule has 2 aliphatic heterocycles. The third kappa shape index (κ3) is 3.77. The summed E-state index contributed by atoms with van der Waals surface area (Å²) in [6, 6.07) is 7.66. The largest absolute Gasteiger partial charge is 0.350 e. The molecular weight excluding hydrogens is 328 g/mol. The number of carbonyl (C=O) groups excluding carboxylic acids is 2. The van der Waals surface area contributed by atoms with Crippen molar-refractivity contribution in [1.29, 1.82) is 0 Å². The van der Waals surface area contributed by atoms with E-state index >= 15 is 0 Å². The van der Waals surface area contributed by atoms with Crippen LogP contribution in [-0.4, -0.2) is 37.3 Å². The number of nitrogens with one attached hydrogen (secondary N) is 2. The van der Waals surface area contributed by atoms with Crippen molar-refractivity contribution in [2.24, 2.45) is 5.92 Å². The molecule has 1 fully saturated rings. The normalized spacial score (nSPS) is 28.0. The van der Waals surface area contributed by atoms with E-state index in [1.54, 1.807) is 6.92 Å². The second kappa shape index (κ2) is 6.20. The van der Waals surface area contributed by atoms with Gasteiger partial charge in [-0.3, -0.25) is 9.59 Å². The molecule has 7 heteroatoms. The molecule has 0 bridgehead atoms. The Morgan fingerprint density at radius 3 is 2.83 bits per heavy atom. The number of carbonyl (C=O) groups is 2. The second-order valence-corrected chi connectivity index (χ2v) is 9.22. The van der Waals surface area contributed by atoms with E-state index in [1.165, 1.54) is 0 Å². The SMILES string of the molecule is CC1(NC(=O)CCC2Cc3ccccc3NC2=O)CCS(=O)(=O)C1. The molecule has 2 N–H and O–H groups in total. The van der Waals surface area contributed by atoms with Crippen molar-refractivity contribution >= 4 is 27.3 Å². The fourth-order valence-electron chi connectivity index (χ4n) is 3.46. The van der Waals surface area contributed by atoms with Gasteiger partial charge in [-0.25, -0.2) is 8.42 Å². The molecule has 130 valence electrons. The zero-order valence-corrected chi connectivity index (χ0v) is 14.5. The molecule has 0 aromatic heterocycles. The highest BCUT2D eigenvalue weighted by atomic mass is 32.2. The summed E-state index contributed by atoms with van der Waals surface area (Å²) in [5, 5.41) is 5.71. The standard InChI is InChI=1S/C17H22N2O4S/c1-17(8-9-24(22,23)11-17)19-15(20)7-6-13-10-12-4-2-3-5-14(12)18-16(13)21/h2-5,13H,6-11H2,1H3,(H,18,21)(H,19,20). The predicted octanol–water partition coefficient (Wildman–Crippen LogP) is 1.27. The van der Waals surface area contributed by atoms with Gasteiger partial charge >= 0.3 is 0 Å². The molecule has 1 aromatic carbocycles. The van der Waals surface area contributed by atoms with Crippen molar-refractivity contribution in [2.75, 3.05) is 16.8 Å². The molecule has 2 heterocycles. The van der Waals surface area contributed by atoms with Crippen molar-refractivity contribution in [2.45, 2.75) is 38.1 Å². The topological polar surface area (TPSA) is 92.3 Å². The maximum atomic E-state index is 12.2. The third-order valence-corrected chi connectivity index (χ3v) is 6.68. The first-order chi connectivity index (χ1) is 11.3. The Bertz CT molecular complexity index is 775. The lowest BCUT2D eigenvalue weighted by molar-refractivity contribution is -0.123. The summed E-state index contributed by atoms with van der Waals surface area (Å²) in [7, 11) is -3.06. The number of para-hydroxylation sites is 1. The van der Waals surface area contributed by atoms with Crippen LogP contribution in [0.3, 0.4) is 0 Å². The number of fused-ring (bicyclic) bond motifs is 1. The molecule has 0 radical (unpaired) electrons. The summed E-state index contributed by atoms with van der Waals surface area (Å²) in [4.78, 5) is 24.3. The van der Waals surface area contributed by atoms with Crippen LogP contribution in [0.2, 0.25) is 0 Å². The van der Waals surface area contributed by atoms with Crippen molar-refractivity contribution in [3.63, 3.8) is 0 Å². The Labute approximate surface area is 141 Å². The van der Waals surface area contributed by atoms with E-state index in [0.29, 0.717) is 19.3 Å². The lowest BCUT2D eigenvalue weighted by Crippen LogP contribution is -2.47. The highest BCUT2D eigenvalue weighted by molar-refractivity contribution is 7.91. The second-order valence-electron chi connectivity index (χ2n) is 7.04. The Morgan fingerprint density at radius 2 is 2.12 bits per heavy atom. The first-order valence-corrected chi connectivity index (χ1v) is 9.99. The van der Waals surface area contributed by atoms with E-state index < -0.39 is 15.4 Å². The summed E-state index contributed by atoms with van der Waals surface area (Å²) in [5.74, 6) is -0.377. The summed E-state index contributed by atoms with van der Waals surface area (Å²) in [6.07, 6.45) is 1.74. The van der Waals surface area contributed by atoms with E-state index in [0.717, 1.165) is 11.3 Å². The van der Waals surface area contributed by atoms with Crippen LogP contribution in [-0.2, 0) is 25.8 Å². The van der Waals surface area contributed by atoms with E-state index in [4.69, 9.17) is 0 Å². The zero-order chi connectivity index (χ0) is 17.4. The average molecular weight is 350 g/mol. The molecule has 2 atom stereocenters. The van der Waals surface area contributed by atoms with Crippen LogP contribution in [0.5, 0.6) is 0 Å². The minimum Gasteiger partial charge on any atom is -0.350 e. The van der Waals surface area contributed by atoms with Gasteiger partial charge < -0.3 is 10.6 Å². The maximum absolute atomic E-state index is 12.2. The minimum absolute atomic E-state index is 0.0109. The lowest BCUT2D eigenvalue weighted by Gasteiger charge is -2.26. The van der Waals surface area contributed by atoms with E-state index in [1.807, 2.05) is 24.3 Å². The van der Waals surface area contributed by atoms with Gasteiger partial charge in [0.2, 0.25) is 11.8 Å². The van der Waals surface area contributed by atoms with Crippen LogP contribution in [0.4, 0.5) is 5.69 Å². The van der Waals surface area contributed by atoms with E-state index in [2.05, 4.69) is 10.6 Å². The van der Waals surface area contributed by atoms with Crippen LogP contribution in [0.15, 0.2) is 24.3 Å². The first-order valence-electron chi connectivity index (χ1n) is 8.17. The van der Waals surface area contributed by atoms with E-state index in [-0.39, 0.29) is 35.7 Å². The van der Waals surface area contributed by atoms with Gasteiger partial charge in [0.05, 0.1) is 17.0 Å². The van der Waals surface area contributed by atoms with Crippen LogP contribution in [0.1, 0.15) is 31.7 Å². The van der Waals surface area contributed by atoms with Gasteiger partial charge in [0.25, 0.3) is 0 Å². The molecule has 0 spiro atoms. The fraction of sp³-hybridized carbons (Fsp3) is 0.529. The van der Waals surface area contributed by atoms with E-state index in [9.17, 15) is 18.0 Å². The number of hydrogen-bond acceptors (Lipinski definition) is 4. The van der Waals surface area contributed by atoms with Crippen molar-refractivity contribution < 1.29 is 18.0 Å². The molecule has 2 amide bonds. The van der Waals surface area contributed by atoms with Crippen LogP contribution in [0, 0.1) is 5.92 Å². The molecule has 3 rings (SSSR count). The highest BCUT2D eigenvalue weighted by Gasteiger charge is 2.39. The molecule has 6 nitrogen and oxygen atoms in total. The number of rotatable bonds is 4. The average Bonchev–Trinajstić information content (AvgIpc) is 2.78. The zero-order valence-electron chi connectivity index (χ0n) is 13.7. The van der Waals surface area contributed by atoms with Crippen molar-refractivity contribution in [3.8, 4) is 0 Å². The van der Waals surface area contributed by atoms with Gasteiger partial charge in [-0.05, 0) is 37.8 Å². The molecule has 24 heavy (non-hydrogen) atoms. The Kier molecular flexibility index (Phi) is 4.38. The number of benzene rings is 1. The Hall–Kier alpha value is -1.89. The molecule has 2 unspecified atom stereocenters. The molecule has 0 saturated carbocycles. The smallest absolute Gasteiger partial charge is 0.227 e. The summed E-state index contributed by atoms with van der Waals surface area (Å²) in [5.41, 5.74) is 1.24. The van der Waals surface area contributed by atoms with Crippen LogP contribution in [0.25, 0.3) is 0 Å². The summed E-state index contributed by atoms with van der Waals surface area (Å²) in [6.45, 7) is 1.76. The molecular formula is C17H22N2O4S. The fourth-order valence-corrected chi connectivity index (χ4v) is 5.55. The van der Waals surface area contributed by atoms with Gasteiger partial charge in [-0.1, -0.05) is 18.2 Å². The predicted molar refractivity (Wildman–Crippen MR) is 91.3 cm³/mol. The number of hydrogen-bond donors (Lipinski definition) is 2. The quantitative estimate of drug-likeness (QED) is 0.855. The lowest BCUT2D eigenvalue weighted by atomic mass is 9.89. The third-order valence-electron chi connectivity index (χ3n) is 4.78. The van der Waals surface area contributed by atoms with Crippen molar-refractivity contribution in [1.82, 2.24) is 5.32 Å². The van der Waals surface area contributed by atoms with Gasteiger partial charge in [0, 0.05) is 18.0 Å². The van der Waals surface area contributed by atoms with Gasteiger partial charge in [0.1, 0.15) is 0 Å². The molecule has 2 aliphatic rings. The summed E-state index contributed by atoms with van der Waals surface area (Å²) < 4.78 is 23.2. The highest BCUT2D eigenvalue weighted by Crippen LogP contribution is 2.28. The minimum atomic E-state index is -3.06. The molecule has 1 aromatic rings. The van der Waals surface area contributed by atoms with Gasteiger partial charge in [-0.15, -0.1) is 0 Å². The monoisotopic (exact) mass is 350 g/mol. The van der Waals surface area contributed by atoms with Gasteiger partial charge in [-0.2, -0.15) is 0 Å². The molecule has 1 saturated heterocycles. The summed E-state index contributed by atoms with van der Waals surface area (Å²) >= 11 is 0. The molecule has 0 aliphatic carbocycles. The number of sulfone groups is 1. The van der Waals surface area contributed by atoms with Gasteiger partial charge in [0.15, 0.2) is 9.84 Å². The Balaban J connectivity index is 1.55. The number of anilines is 1.